The van der Waals surface area contributed by atoms with Crippen LogP contribution in [0, 0.1) is 22.7 Å². The van der Waals surface area contributed by atoms with Crippen molar-refractivity contribution >= 4 is 5.78 Å². The van der Waals surface area contributed by atoms with Gasteiger partial charge in [-0.1, -0.05) is 30.7 Å². The Morgan fingerprint density at radius 1 is 1.36 bits per heavy atom. The normalized spacial score (nSPS) is 53.9. The predicted molar refractivity (Wildman–Crippen MR) is 55.7 cm³/mol. The van der Waals surface area contributed by atoms with E-state index in [-0.39, 0.29) is 16.7 Å². The minimum atomic E-state index is -0.183. The van der Waals surface area contributed by atoms with Gasteiger partial charge in [0.15, 0.2) is 0 Å². The number of ketones is 1. The Kier molecular flexibility index (Phi) is 1.24. The number of carbonyl (C=O) groups is 1. The van der Waals surface area contributed by atoms with Gasteiger partial charge in [0, 0.05) is 11.8 Å². The van der Waals surface area contributed by atoms with Gasteiger partial charge in [-0.2, -0.15) is 0 Å². The van der Waals surface area contributed by atoms with Crippen LogP contribution in [0.4, 0.5) is 0 Å². The standard InChI is InChI=1S/C13H16O/c1-8-6-10-12(2)4-5-13(10,3)11(14)9(8)7-12/h4-6,9-10H,7H2,1-3H3/t9-,10+,12+,13+/m1/s1. The Morgan fingerprint density at radius 2 is 2.07 bits per heavy atom. The van der Waals surface area contributed by atoms with Crippen LogP contribution in [0.2, 0.25) is 0 Å². The van der Waals surface area contributed by atoms with Crippen LogP contribution in [-0.4, -0.2) is 5.78 Å². The molecular weight excluding hydrogens is 172 g/mol. The van der Waals surface area contributed by atoms with Crippen molar-refractivity contribution in [1.29, 1.82) is 0 Å². The Labute approximate surface area is 84.9 Å². The van der Waals surface area contributed by atoms with E-state index in [2.05, 4.69) is 39.0 Å². The first kappa shape index (κ1) is 8.46. The molecule has 1 heteroatoms. The quantitative estimate of drug-likeness (QED) is 0.534. The molecular formula is C13H16O. The van der Waals surface area contributed by atoms with Crippen molar-refractivity contribution in [3.63, 3.8) is 0 Å². The summed E-state index contributed by atoms with van der Waals surface area (Å²) in [5.74, 6) is 1.08. The van der Waals surface area contributed by atoms with E-state index in [0.717, 1.165) is 6.42 Å². The van der Waals surface area contributed by atoms with Crippen LogP contribution < -0.4 is 0 Å². The van der Waals surface area contributed by atoms with E-state index in [1.807, 2.05) is 0 Å². The number of allylic oxidation sites excluding steroid dienone is 4. The third-order valence-electron chi connectivity index (χ3n) is 4.64. The molecule has 74 valence electrons. The highest BCUT2D eigenvalue weighted by atomic mass is 16.1. The molecule has 14 heavy (non-hydrogen) atoms. The van der Waals surface area contributed by atoms with Crippen LogP contribution >= 0.6 is 0 Å². The summed E-state index contributed by atoms with van der Waals surface area (Å²) in [5.41, 5.74) is 1.38. The molecule has 4 rings (SSSR count). The number of carbonyl (C=O) groups excluding carboxylic acids is 1. The smallest absolute Gasteiger partial charge is 0.150 e. The van der Waals surface area contributed by atoms with E-state index in [1.54, 1.807) is 0 Å². The zero-order valence-corrected chi connectivity index (χ0v) is 9.00. The van der Waals surface area contributed by atoms with Crippen molar-refractivity contribution in [2.75, 3.05) is 0 Å². The van der Waals surface area contributed by atoms with Gasteiger partial charge in [-0.25, -0.2) is 0 Å². The Hall–Kier alpha value is -0.850. The topological polar surface area (TPSA) is 17.1 Å². The second-order valence-electron chi connectivity index (χ2n) is 5.63. The molecule has 0 aromatic heterocycles. The number of hydrogen-bond acceptors (Lipinski definition) is 1. The SMILES string of the molecule is CC1=C[C@H]2[C@@]3(C)C=C[C@]2(C)C(=O)[C@@H]1C3. The first-order valence-corrected chi connectivity index (χ1v) is 5.40. The summed E-state index contributed by atoms with van der Waals surface area (Å²) in [6.07, 6.45) is 7.81. The van der Waals surface area contributed by atoms with Crippen LogP contribution in [0.25, 0.3) is 0 Å². The number of Topliss-reactive ketones (excluding diaryl/α,β-unsaturated/α-hetero) is 1. The molecule has 0 aliphatic heterocycles. The summed E-state index contributed by atoms with van der Waals surface area (Å²) in [7, 11) is 0. The van der Waals surface area contributed by atoms with Gasteiger partial charge in [0.05, 0.1) is 5.41 Å². The van der Waals surface area contributed by atoms with Crippen molar-refractivity contribution < 1.29 is 4.79 Å². The largest absolute Gasteiger partial charge is 0.298 e. The van der Waals surface area contributed by atoms with Crippen LogP contribution in [0.3, 0.4) is 0 Å². The molecule has 4 aliphatic carbocycles. The molecule has 1 saturated carbocycles. The summed E-state index contributed by atoms with van der Waals surface area (Å²) >= 11 is 0. The minimum absolute atomic E-state index is 0.183. The maximum Gasteiger partial charge on any atom is 0.150 e. The summed E-state index contributed by atoms with van der Waals surface area (Å²) in [6, 6.07) is 0. The van der Waals surface area contributed by atoms with E-state index < -0.39 is 0 Å². The van der Waals surface area contributed by atoms with E-state index >= 15 is 0 Å². The lowest BCUT2D eigenvalue weighted by atomic mass is 9.52. The molecule has 0 heterocycles. The van der Waals surface area contributed by atoms with Gasteiger partial charge >= 0.3 is 0 Å². The van der Waals surface area contributed by atoms with Gasteiger partial charge in [0.1, 0.15) is 5.78 Å². The second kappa shape index (κ2) is 2.05. The maximum absolute atomic E-state index is 12.2. The average Bonchev–Trinajstić information content (AvgIpc) is 2.34. The van der Waals surface area contributed by atoms with Gasteiger partial charge in [-0.05, 0) is 25.7 Å². The molecule has 0 spiro atoms. The van der Waals surface area contributed by atoms with Crippen molar-refractivity contribution in [3.05, 3.63) is 23.8 Å². The molecule has 0 N–H and O–H groups in total. The molecule has 0 radical (unpaired) electrons. The molecule has 4 atom stereocenters. The Bertz CT molecular complexity index is 390. The molecule has 1 fully saturated rings. The number of hydrogen-bond donors (Lipinski definition) is 0. The molecule has 0 saturated heterocycles. The van der Waals surface area contributed by atoms with Crippen molar-refractivity contribution in [2.24, 2.45) is 22.7 Å². The second-order valence-corrected chi connectivity index (χ2v) is 5.63. The van der Waals surface area contributed by atoms with E-state index in [1.165, 1.54) is 5.57 Å². The molecule has 1 nitrogen and oxygen atoms in total. The molecule has 0 amide bonds. The predicted octanol–water partition coefficient (Wildman–Crippen LogP) is 2.73. The van der Waals surface area contributed by atoms with Gasteiger partial charge < -0.3 is 0 Å². The third-order valence-corrected chi connectivity index (χ3v) is 4.64. The Morgan fingerprint density at radius 3 is 2.79 bits per heavy atom. The first-order chi connectivity index (χ1) is 6.47. The highest BCUT2D eigenvalue weighted by molar-refractivity contribution is 5.94. The minimum Gasteiger partial charge on any atom is -0.298 e. The van der Waals surface area contributed by atoms with Crippen molar-refractivity contribution in [2.45, 2.75) is 27.2 Å². The molecule has 0 aromatic rings. The van der Waals surface area contributed by atoms with Gasteiger partial charge in [-0.3, -0.25) is 4.79 Å². The summed E-state index contributed by atoms with van der Waals surface area (Å²) < 4.78 is 0. The average molecular weight is 188 g/mol. The van der Waals surface area contributed by atoms with E-state index in [0.29, 0.717) is 11.7 Å². The number of rotatable bonds is 0. The summed E-state index contributed by atoms with van der Waals surface area (Å²) in [4.78, 5) is 12.2. The van der Waals surface area contributed by atoms with Crippen LogP contribution in [0.15, 0.2) is 23.8 Å². The third kappa shape index (κ3) is 0.678. The van der Waals surface area contributed by atoms with E-state index in [4.69, 9.17) is 0 Å². The monoisotopic (exact) mass is 188 g/mol. The zero-order valence-electron chi connectivity index (χ0n) is 9.00. The van der Waals surface area contributed by atoms with Crippen LogP contribution in [-0.2, 0) is 4.79 Å². The van der Waals surface area contributed by atoms with Crippen molar-refractivity contribution in [3.8, 4) is 0 Å². The van der Waals surface area contributed by atoms with Gasteiger partial charge in [0.2, 0.25) is 0 Å². The Balaban J connectivity index is 2.25. The highest BCUT2D eigenvalue weighted by Gasteiger charge is 2.60. The lowest BCUT2D eigenvalue weighted by Crippen LogP contribution is -2.50. The van der Waals surface area contributed by atoms with Crippen LogP contribution in [0.5, 0.6) is 0 Å². The molecule has 4 bridgehead atoms. The summed E-state index contributed by atoms with van der Waals surface area (Å²) in [6.45, 7) is 6.51. The fraction of sp³-hybridized carbons (Fsp3) is 0.615. The van der Waals surface area contributed by atoms with Gasteiger partial charge in [0.25, 0.3) is 0 Å². The fourth-order valence-electron chi connectivity index (χ4n) is 3.70. The zero-order chi connectivity index (χ0) is 10.1. The highest BCUT2D eigenvalue weighted by Crippen LogP contribution is 2.62. The molecule has 4 aliphatic rings. The molecule has 0 aromatic carbocycles. The van der Waals surface area contributed by atoms with E-state index in [9.17, 15) is 4.79 Å². The maximum atomic E-state index is 12.2. The van der Waals surface area contributed by atoms with Gasteiger partial charge in [-0.15, -0.1) is 0 Å². The molecule has 0 unspecified atom stereocenters. The lowest BCUT2D eigenvalue weighted by Gasteiger charge is -2.50. The fourth-order valence-corrected chi connectivity index (χ4v) is 3.70. The lowest BCUT2D eigenvalue weighted by molar-refractivity contribution is -0.137. The summed E-state index contributed by atoms with van der Waals surface area (Å²) in [5, 5.41) is 0. The van der Waals surface area contributed by atoms with Crippen molar-refractivity contribution in [1.82, 2.24) is 0 Å². The first-order valence-electron chi connectivity index (χ1n) is 5.40. The van der Waals surface area contributed by atoms with Crippen LogP contribution in [0.1, 0.15) is 27.2 Å².